The van der Waals surface area contributed by atoms with E-state index in [1.54, 1.807) is 48.7 Å². The Balaban J connectivity index is 0.957. The van der Waals surface area contributed by atoms with E-state index in [9.17, 15) is 24.3 Å². The predicted molar refractivity (Wildman–Crippen MR) is 242 cm³/mol. The molecule has 3 aromatic carbocycles. The lowest BCUT2D eigenvalue weighted by molar-refractivity contribution is -0.432. The number of hydrogen-bond donors (Lipinski definition) is 5. The molecule has 0 unspecified atom stereocenters. The number of carbonyl (C=O) groups excluding carboxylic acids is 3. The molecule has 2 amide bonds. The number of ether oxygens (including phenoxy) is 3. The van der Waals surface area contributed by atoms with Crippen molar-refractivity contribution in [3.8, 4) is 17.2 Å². The van der Waals surface area contributed by atoms with Gasteiger partial charge < -0.3 is 30.0 Å². The number of carbonyl (C=O) groups is 4. The van der Waals surface area contributed by atoms with E-state index < -0.39 is 5.97 Å². The standard InChI is InChI=1S/C47H55N5O11S/c1-2-12-37-35-14-8-15-39(53)36(35)21-23-42(37)60-29-7-3-6-28-59-40-16-9-17-41(38(40)22-25-46(55)56)61-30-10-19-45(54)48-26-11-27-49-47(57)34-20-24-44(50-31-34)52-51-32-33-13-4-5-18-43(33)64-63-62-58/h2,4-5,9,13,16-18,20-21,23-24,31-32,58H,1,3,6-8,10-12,14-15,19,22,25-30H2,(H,48,54)(H,49,57)(H,50,52)(H,55,56)/b51-32+. The van der Waals surface area contributed by atoms with E-state index in [0.717, 1.165) is 66.6 Å². The zero-order valence-electron chi connectivity index (χ0n) is 35.7. The normalized spacial score (nSPS) is 12.0. The van der Waals surface area contributed by atoms with Crippen LogP contribution in [0.15, 0.2) is 95.6 Å². The van der Waals surface area contributed by atoms with Gasteiger partial charge >= 0.3 is 5.97 Å². The highest BCUT2D eigenvalue weighted by Crippen LogP contribution is 2.33. The number of hydrogen-bond acceptors (Lipinski definition) is 14. The molecule has 5 rings (SSSR count). The summed E-state index contributed by atoms with van der Waals surface area (Å²) in [5.74, 6) is 1.14. The Morgan fingerprint density at radius 2 is 1.55 bits per heavy atom. The molecular weight excluding hydrogens is 843 g/mol. The second-order valence-corrected chi connectivity index (χ2v) is 15.4. The molecule has 0 atom stereocenters. The minimum absolute atomic E-state index is 0.0874. The lowest BCUT2D eigenvalue weighted by atomic mass is 9.86. The Hall–Kier alpha value is -6.27. The Morgan fingerprint density at radius 1 is 0.812 bits per heavy atom. The van der Waals surface area contributed by atoms with Crippen LogP contribution in [0, 0.1) is 0 Å². The zero-order valence-corrected chi connectivity index (χ0v) is 36.5. The number of rotatable bonds is 29. The second kappa shape index (κ2) is 27.0. The van der Waals surface area contributed by atoms with Gasteiger partial charge in [0.2, 0.25) is 5.91 Å². The summed E-state index contributed by atoms with van der Waals surface area (Å²) in [6.45, 7) is 5.83. The number of carboxylic acid groups (broad SMARTS) is 1. The van der Waals surface area contributed by atoms with Crippen molar-refractivity contribution in [3.05, 3.63) is 119 Å². The first-order valence-corrected chi connectivity index (χ1v) is 22.1. The molecule has 4 aromatic rings. The largest absolute Gasteiger partial charge is 0.493 e. The molecule has 1 aliphatic carbocycles. The lowest BCUT2D eigenvalue weighted by Crippen LogP contribution is -2.30. The van der Waals surface area contributed by atoms with Crippen LogP contribution in [0.2, 0.25) is 0 Å². The molecule has 0 saturated heterocycles. The fourth-order valence-corrected chi connectivity index (χ4v) is 7.38. The van der Waals surface area contributed by atoms with Gasteiger partial charge in [0, 0.05) is 65.7 Å². The van der Waals surface area contributed by atoms with Crippen LogP contribution in [-0.4, -0.2) is 78.0 Å². The molecule has 16 nitrogen and oxygen atoms in total. The summed E-state index contributed by atoms with van der Waals surface area (Å²) in [6.07, 6.45) is 11.6. The van der Waals surface area contributed by atoms with Gasteiger partial charge in [-0.2, -0.15) is 5.10 Å². The number of ketones is 1. The number of hydrazone groups is 1. The maximum atomic E-state index is 12.6. The van der Waals surface area contributed by atoms with Crippen molar-refractivity contribution in [2.45, 2.75) is 81.9 Å². The first-order valence-electron chi connectivity index (χ1n) is 21.3. The van der Waals surface area contributed by atoms with Crippen LogP contribution in [0.1, 0.15) is 101 Å². The molecule has 0 fully saturated rings. The van der Waals surface area contributed by atoms with Gasteiger partial charge in [0.05, 0.1) is 43.6 Å². The van der Waals surface area contributed by atoms with Gasteiger partial charge in [-0.1, -0.05) is 35.4 Å². The van der Waals surface area contributed by atoms with E-state index >= 15 is 0 Å². The smallest absolute Gasteiger partial charge is 0.303 e. The van der Waals surface area contributed by atoms with Gasteiger partial charge in [0.1, 0.15) is 23.1 Å². The van der Waals surface area contributed by atoms with E-state index in [1.807, 2.05) is 30.3 Å². The van der Waals surface area contributed by atoms with Gasteiger partial charge in [-0.3, -0.25) is 24.6 Å². The summed E-state index contributed by atoms with van der Waals surface area (Å²) in [7, 11) is 0. The van der Waals surface area contributed by atoms with E-state index in [2.05, 4.69) is 42.1 Å². The van der Waals surface area contributed by atoms with Crippen LogP contribution < -0.4 is 30.3 Å². The van der Waals surface area contributed by atoms with Crippen molar-refractivity contribution in [1.29, 1.82) is 0 Å². The van der Waals surface area contributed by atoms with Crippen molar-refractivity contribution in [3.63, 3.8) is 0 Å². The van der Waals surface area contributed by atoms with Crippen LogP contribution in [-0.2, 0) is 38.2 Å². The zero-order chi connectivity index (χ0) is 45.4. The molecule has 0 aliphatic heterocycles. The van der Waals surface area contributed by atoms with Crippen molar-refractivity contribution in [2.24, 2.45) is 5.10 Å². The number of carboxylic acids is 1. The molecule has 1 aromatic heterocycles. The quantitative estimate of drug-likeness (QED) is 0.00874. The predicted octanol–water partition coefficient (Wildman–Crippen LogP) is 7.94. The molecule has 5 N–H and O–H groups in total. The minimum Gasteiger partial charge on any atom is -0.493 e. The van der Waals surface area contributed by atoms with Crippen LogP contribution in [0.3, 0.4) is 0 Å². The average molecular weight is 898 g/mol. The first kappa shape index (κ1) is 48.8. The third kappa shape index (κ3) is 15.8. The molecule has 0 bridgehead atoms. The molecule has 0 radical (unpaired) electrons. The van der Waals surface area contributed by atoms with E-state index in [4.69, 9.17) is 19.5 Å². The topological polar surface area (TPSA) is 216 Å². The molecule has 17 heteroatoms. The van der Waals surface area contributed by atoms with Crippen LogP contribution >= 0.6 is 12.0 Å². The highest BCUT2D eigenvalue weighted by Gasteiger charge is 2.22. The number of Topliss-reactive ketones (excluding diaryl/α,β-unsaturated/α-hetero) is 1. The molecule has 0 spiro atoms. The Bertz CT molecular complexity index is 2200. The summed E-state index contributed by atoms with van der Waals surface area (Å²) >= 11 is 0.820. The van der Waals surface area contributed by atoms with Crippen molar-refractivity contribution < 1.29 is 53.1 Å². The summed E-state index contributed by atoms with van der Waals surface area (Å²) in [5, 5.41) is 31.3. The van der Waals surface area contributed by atoms with Gasteiger partial charge in [0.15, 0.2) is 5.78 Å². The lowest BCUT2D eigenvalue weighted by Gasteiger charge is -2.21. The number of nitrogens with zero attached hydrogens (tertiary/aromatic N) is 2. The maximum absolute atomic E-state index is 12.6. The minimum atomic E-state index is -0.928. The highest BCUT2D eigenvalue weighted by molar-refractivity contribution is 7.94. The summed E-state index contributed by atoms with van der Waals surface area (Å²) in [4.78, 5) is 53.8. The third-order valence-corrected chi connectivity index (χ3v) is 10.8. The Labute approximate surface area is 376 Å². The highest BCUT2D eigenvalue weighted by atomic mass is 32.2. The first-order chi connectivity index (χ1) is 31.3. The molecule has 0 saturated carbocycles. The number of anilines is 1. The number of amides is 2. The maximum Gasteiger partial charge on any atom is 0.303 e. The number of benzene rings is 3. The fourth-order valence-electron chi connectivity index (χ4n) is 6.92. The number of allylic oxidation sites excluding steroid dienone is 1. The summed E-state index contributed by atoms with van der Waals surface area (Å²) < 4.78 is 22.8. The number of fused-ring (bicyclic) bond motifs is 1. The number of aliphatic carboxylic acids is 1. The monoisotopic (exact) mass is 897 g/mol. The molecule has 1 aliphatic rings. The van der Waals surface area contributed by atoms with Crippen molar-refractivity contribution >= 4 is 47.6 Å². The van der Waals surface area contributed by atoms with Crippen molar-refractivity contribution in [1.82, 2.24) is 15.6 Å². The molecular formula is C47H55N5O11S. The van der Waals surface area contributed by atoms with Crippen LogP contribution in [0.25, 0.3) is 0 Å². The molecule has 340 valence electrons. The number of nitrogens with one attached hydrogen (secondary N) is 3. The number of aromatic nitrogens is 1. The van der Waals surface area contributed by atoms with E-state index in [-0.39, 0.29) is 43.5 Å². The SMILES string of the molecule is C=CCc1c(OCCCCCOc2cccc(OCCCC(=O)NCCCNC(=O)c3ccc(N/N=C/c4ccccc4SOOO)nc3)c2CCC(=O)O)ccc2c1CCCC2=O. The van der Waals surface area contributed by atoms with Gasteiger partial charge in [0.25, 0.3) is 5.91 Å². The number of pyridine rings is 1. The Morgan fingerprint density at radius 3 is 2.27 bits per heavy atom. The molecule has 1 heterocycles. The summed E-state index contributed by atoms with van der Waals surface area (Å²) in [5.41, 5.74) is 7.48. The van der Waals surface area contributed by atoms with Gasteiger partial charge in [-0.25, -0.2) is 10.2 Å². The fraction of sp³-hybridized carbons (Fsp3) is 0.362. The summed E-state index contributed by atoms with van der Waals surface area (Å²) in [6, 6.07) is 19.6. The van der Waals surface area contributed by atoms with Gasteiger partial charge in [-0.05, 0) is 106 Å². The third-order valence-electron chi connectivity index (χ3n) is 10.1. The van der Waals surface area contributed by atoms with Gasteiger partial charge in [-0.15, -0.1) is 10.9 Å². The van der Waals surface area contributed by atoms with Crippen LogP contribution in [0.4, 0.5) is 5.82 Å². The number of unbranched alkanes of at least 4 members (excludes halogenated alkanes) is 2. The van der Waals surface area contributed by atoms with E-state index in [0.29, 0.717) is 90.9 Å². The van der Waals surface area contributed by atoms with Crippen LogP contribution in [0.5, 0.6) is 17.2 Å². The molecule has 64 heavy (non-hydrogen) atoms. The Kier molecular flexibility index (Phi) is 20.6. The average Bonchev–Trinajstić information content (AvgIpc) is 3.30. The van der Waals surface area contributed by atoms with E-state index in [1.165, 1.54) is 6.20 Å². The second-order valence-electron chi connectivity index (χ2n) is 14.7. The van der Waals surface area contributed by atoms with Crippen molar-refractivity contribution in [2.75, 3.05) is 38.3 Å².